The van der Waals surface area contributed by atoms with E-state index in [2.05, 4.69) is 30.1 Å². The molecule has 1 aliphatic rings. The first-order valence-corrected chi connectivity index (χ1v) is 4.78. The lowest BCUT2D eigenvalue weighted by molar-refractivity contribution is 0.816. The van der Waals surface area contributed by atoms with Crippen LogP contribution in [0.4, 0.5) is 5.69 Å². The zero-order valence-corrected chi connectivity index (χ0v) is 8.25. The molecule has 0 fully saturated rings. The molecule has 0 aromatic heterocycles. The summed E-state index contributed by atoms with van der Waals surface area (Å²) in [7, 11) is 2.14. The summed E-state index contributed by atoms with van der Waals surface area (Å²) in [6, 6.07) is 6.70. The minimum Gasteiger partial charge on any atom is -0.374 e. The zero-order chi connectivity index (χ0) is 9.42. The Labute approximate surface area is 79.4 Å². The van der Waals surface area contributed by atoms with Gasteiger partial charge in [-0.25, -0.2) is 0 Å². The molecular weight excluding hydrogens is 160 g/mol. The van der Waals surface area contributed by atoms with Crippen molar-refractivity contribution in [1.82, 2.24) is 0 Å². The maximum atomic E-state index is 5.83. The molecule has 1 aromatic carbocycles. The van der Waals surface area contributed by atoms with Gasteiger partial charge in [0.05, 0.1) is 0 Å². The van der Waals surface area contributed by atoms with Gasteiger partial charge in [0.1, 0.15) is 0 Å². The largest absolute Gasteiger partial charge is 0.374 e. The van der Waals surface area contributed by atoms with E-state index in [4.69, 9.17) is 5.73 Å². The number of fused-ring (bicyclic) bond motifs is 1. The van der Waals surface area contributed by atoms with Crippen molar-refractivity contribution in [1.29, 1.82) is 0 Å². The van der Waals surface area contributed by atoms with Crippen molar-refractivity contribution in [2.75, 3.05) is 18.5 Å². The molecule has 1 heterocycles. The summed E-state index contributed by atoms with van der Waals surface area (Å²) in [5.74, 6) is 0. The van der Waals surface area contributed by atoms with Gasteiger partial charge in [-0.1, -0.05) is 12.1 Å². The smallest absolute Gasteiger partial charge is 0.0397 e. The fourth-order valence-electron chi connectivity index (χ4n) is 1.87. The number of hydrogen-bond donors (Lipinski definition) is 1. The summed E-state index contributed by atoms with van der Waals surface area (Å²) in [6.07, 6.45) is 1.16. The molecule has 0 radical (unpaired) electrons. The molecule has 1 atom stereocenters. The van der Waals surface area contributed by atoms with Gasteiger partial charge in [-0.15, -0.1) is 0 Å². The van der Waals surface area contributed by atoms with Gasteiger partial charge in [0, 0.05) is 25.3 Å². The molecule has 0 bridgehead atoms. The SMILES string of the molecule is CC(N)c1ccc2c(c1)CCN2C. The summed E-state index contributed by atoms with van der Waals surface area (Å²) in [5, 5.41) is 0. The first-order valence-electron chi connectivity index (χ1n) is 4.78. The molecule has 0 spiro atoms. The van der Waals surface area contributed by atoms with Gasteiger partial charge in [0.15, 0.2) is 0 Å². The fourth-order valence-corrected chi connectivity index (χ4v) is 1.87. The second kappa shape index (κ2) is 3.04. The molecule has 2 heteroatoms. The van der Waals surface area contributed by atoms with Gasteiger partial charge >= 0.3 is 0 Å². The lowest BCUT2D eigenvalue weighted by atomic mass is 10.0. The number of rotatable bonds is 1. The normalized spacial score (nSPS) is 17.3. The van der Waals surface area contributed by atoms with E-state index in [0.29, 0.717) is 0 Å². The van der Waals surface area contributed by atoms with Crippen molar-refractivity contribution in [3.63, 3.8) is 0 Å². The van der Waals surface area contributed by atoms with Crippen molar-refractivity contribution >= 4 is 5.69 Å². The Morgan fingerprint density at radius 3 is 2.92 bits per heavy atom. The van der Waals surface area contributed by atoms with Crippen LogP contribution in [0, 0.1) is 0 Å². The van der Waals surface area contributed by atoms with Crippen LogP contribution < -0.4 is 10.6 Å². The Hall–Kier alpha value is -1.02. The van der Waals surface area contributed by atoms with Crippen LogP contribution in [0.25, 0.3) is 0 Å². The van der Waals surface area contributed by atoms with E-state index in [0.717, 1.165) is 13.0 Å². The van der Waals surface area contributed by atoms with Crippen LogP contribution in [0.5, 0.6) is 0 Å². The Morgan fingerprint density at radius 2 is 2.23 bits per heavy atom. The van der Waals surface area contributed by atoms with E-state index in [1.807, 2.05) is 6.92 Å². The minimum atomic E-state index is 0.149. The molecule has 13 heavy (non-hydrogen) atoms. The molecule has 2 rings (SSSR count). The van der Waals surface area contributed by atoms with Crippen molar-refractivity contribution in [2.45, 2.75) is 19.4 Å². The molecule has 0 saturated carbocycles. The van der Waals surface area contributed by atoms with Crippen LogP contribution in [0.2, 0.25) is 0 Å². The average Bonchev–Trinajstić information content (AvgIpc) is 2.47. The molecule has 1 unspecified atom stereocenters. The predicted octanol–water partition coefficient (Wildman–Crippen LogP) is 1.70. The van der Waals surface area contributed by atoms with Crippen LogP contribution in [0.1, 0.15) is 24.1 Å². The highest BCUT2D eigenvalue weighted by molar-refractivity contribution is 5.58. The number of nitrogens with two attached hydrogens (primary N) is 1. The quantitative estimate of drug-likeness (QED) is 0.705. The predicted molar refractivity (Wildman–Crippen MR) is 56.0 cm³/mol. The fraction of sp³-hybridized carbons (Fsp3) is 0.455. The van der Waals surface area contributed by atoms with E-state index in [1.165, 1.54) is 16.8 Å². The van der Waals surface area contributed by atoms with Crippen LogP contribution in [0.15, 0.2) is 18.2 Å². The van der Waals surface area contributed by atoms with Crippen LogP contribution in [-0.4, -0.2) is 13.6 Å². The Bertz CT molecular complexity index is 318. The zero-order valence-electron chi connectivity index (χ0n) is 8.25. The van der Waals surface area contributed by atoms with Crippen molar-refractivity contribution in [2.24, 2.45) is 5.73 Å². The van der Waals surface area contributed by atoms with Crippen molar-refractivity contribution in [3.05, 3.63) is 29.3 Å². The number of nitrogens with zero attached hydrogens (tertiary/aromatic N) is 1. The summed E-state index contributed by atoms with van der Waals surface area (Å²) in [5.41, 5.74) is 9.88. The number of likely N-dealkylation sites (N-methyl/N-ethyl adjacent to an activating group) is 1. The number of anilines is 1. The van der Waals surface area contributed by atoms with E-state index >= 15 is 0 Å². The molecule has 2 nitrogen and oxygen atoms in total. The van der Waals surface area contributed by atoms with E-state index in [1.54, 1.807) is 0 Å². The Kier molecular flexibility index (Phi) is 2.00. The minimum absolute atomic E-state index is 0.149. The van der Waals surface area contributed by atoms with E-state index in [-0.39, 0.29) is 6.04 Å². The maximum absolute atomic E-state index is 5.83. The Balaban J connectivity index is 2.40. The first kappa shape index (κ1) is 8.57. The summed E-state index contributed by atoms with van der Waals surface area (Å²) in [4.78, 5) is 2.29. The third-order valence-corrected chi connectivity index (χ3v) is 2.76. The van der Waals surface area contributed by atoms with Gasteiger partial charge in [-0.3, -0.25) is 0 Å². The van der Waals surface area contributed by atoms with Crippen LogP contribution in [0.3, 0.4) is 0 Å². The van der Waals surface area contributed by atoms with E-state index < -0.39 is 0 Å². The molecule has 0 saturated heterocycles. The van der Waals surface area contributed by atoms with Crippen molar-refractivity contribution < 1.29 is 0 Å². The van der Waals surface area contributed by atoms with Gasteiger partial charge in [0.2, 0.25) is 0 Å². The molecule has 2 N–H and O–H groups in total. The highest BCUT2D eigenvalue weighted by Crippen LogP contribution is 2.28. The number of benzene rings is 1. The molecule has 70 valence electrons. The summed E-state index contributed by atoms with van der Waals surface area (Å²) in [6.45, 7) is 3.16. The molecule has 1 aliphatic heterocycles. The molecule has 0 aliphatic carbocycles. The molecule has 0 amide bonds. The number of hydrogen-bond acceptors (Lipinski definition) is 2. The monoisotopic (exact) mass is 176 g/mol. The van der Waals surface area contributed by atoms with Crippen LogP contribution in [-0.2, 0) is 6.42 Å². The summed E-state index contributed by atoms with van der Waals surface area (Å²) >= 11 is 0. The van der Waals surface area contributed by atoms with E-state index in [9.17, 15) is 0 Å². The highest BCUT2D eigenvalue weighted by atomic mass is 15.1. The lowest BCUT2D eigenvalue weighted by Crippen LogP contribution is -2.12. The van der Waals surface area contributed by atoms with Gasteiger partial charge in [0.25, 0.3) is 0 Å². The summed E-state index contributed by atoms with van der Waals surface area (Å²) < 4.78 is 0. The second-order valence-electron chi connectivity index (χ2n) is 3.85. The van der Waals surface area contributed by atoms with Gasteiger partial charge in [-0.2, -0.15) is 0 Å². The lowest BCUT2D eigenvalue weighted by Gasteiger charge is -2.13. The average molecular weight is 176 g/mol. The van der Waals surface area contributed by atoms with Gasteiger partial charge in [-0.05, 0) is 30.5 Å². The second-order valence-corrected chi connectivity index (χ2v) is 3.85. The molecular formula is C11H16N2. The van der Waals surface area contributed by atoms with Crippen molar-refractivity contribution in [3.8, 4) is 0 Å². The molecule has 1 aromatic rings. The highest BCUT2D eigenvalue weighted by Gasteiger charge is 2.15. The topological polar surface area (TPSA) is 29.3 Å². The third-order valence-electron chi connectivity index (χ3n) is 2.76. The third kappa shape index (κ3) is 1.42. The standard InChI is InChI=1S/C11H16N2/c1-8(12)9-3-4-11-10(7-9)5-6-13(11)2/h3-4,7-8H,5-6,12H2,1-2H3. The van der Waals surface area contributed by atoms with Gasteiger partial charge < -0.3 is 10.6 Å². The van der Waals surface area contributed by atoms with Crippen LogP contribution >= 0.6 is 0 Å². The Morgan fingerprint density at radius 1 is 1.46 bits per heavy atom. The first-order chi connectivity index (χ1) is 6.18. The maximum Gasteiger partial charge on any atom is 0.0397 e.